The van der Waals surface area contributed by atoms with Crippen molar-refractivity contribution in [1.82, 2.24) is 35.5 Å². The molecular formula is C21H16FN9O2. The van der Waals surface area contributed by atoms with E-state index >= 15 is 0 Å². The molecule has 0 aliphatic carbocycles. The van der Waals surface area contributed by atoms with Gasteiger partial charge in [0, 0.05) is 11.1 Å². The van der Waals surface area contributed by atoms with Crippen LogP contribution in [0.2, 0.25) is 0 Å². The molecule has 33 heavy (non-hydrogen) atoms. The number of carbonyl (C=O) groups excluding carboxylic acids is 1. The number of rotatable bonds is 6. The second-order valence-electron chi connectivity index (χ2n) is 7.01. The summed E-state index contributed by atoms with van der Waals surface area (Å²) in [6, 6.07) is 13.2. The standard InChI is InChI=1S/C21H16FN9O2/c22-14-7-5-12(6-8-14)18-13(10-25-28-18)9-24-27-17(32)11-31-16-4-2-1-3-15(16)26-21(31)19-20(23)30-33-29-19/h1-10H,11H2,(H2,23,30)(H,25,28)(H,27,32)/b24-9-. The minimum Gasteiger partial charge on any atom is -0.379 e. The van der Waals surface area contributed by atoms with Crippen LogP contribution in [0.5, 0.6) is 0 Å². The highest BCUT2D eigenvalue weighted by Gasteiger charge is 2.20. The van der Waals surface area contributed by atoms with E-state index in [9.17, 15) is 9.18 Å². The molecule has 3 aromatic heterocycles. The van der Waals surface area contributed by atoms with E-state index in [1.165, 1.54) is 18.3 Å². The number of aromatic nitrogens is 6. The summed E-state index contributed by atoms with van der Waals surface area (Å²) in [5, 5.41) is 18.2. The maximum absolute atomic E-state index is 13.2. The van der Waals surface area contributed by atoms with Crippen molar-refractivity contribution < 1.29 is 13.8 Å². The number of nitrogen functional groups attached to an aromatic ring is 1. The van der Waals surface area contributed by atoms with E-state index < -0.39 is 5.91 Å². The predicted molar refractivity (Wildman–Crippen MR) is 117 cm³/mol. The van der Waals surface area contributed by atoms with Crippen LogP contribution in [0.15, 0.2) is 64.5 Å². The van der Waals surface area contributed by atoms with E-state index in [2.05, 4.69) is 40.7 Å². The molecule has 12 heteroatoms. The number of benzene rings is 2. The predicted octanol–water partition coefficient (Wildman–Crippen LogP) is 2.35. The second-order valence-corrected chi connectivity index (χ2v) is 7.01. The average molecular weight is 445 g/mol. The Morgan fingerprint density at radius 2 is 2.03 bits per heavy atom. The first-order valence-corrected chi connectivity index (χ1v) is 9.75. The molecule has 0 atom stereocenters. The van der Waals surface area contributed by atoms with E-state index in [-0.39, 0.29) is 23.9 Å². The Labute approximate surface area is 185 Å². The van der Waals surface area contributed by atoms with Crippen molar-refractivity contribution >= 4 is 29.0 Å². The fraction of sp³-hybridized carbons (Fsp3) is 0.0476. The molecule has 0 fully saturated rings. The van der Waals surface area contributed by atoms with Crippen molar-refractivity contribution in [3.63, 3.8) is 0 Å². The summed E-state index contributed by atoms with van der Waals surface area (Å²) in [7, 11) is 0. The molecule has 0 saturated heterocycles. The average Bonchev–Trinajstić information content (AvgIpc) is 3.53. The topological polar surface area (TPSA) is 153 Å². The number of H-pyrrole nitrogens is 1. The molecule has 0 saturated carbocycles. The van der Waals surface area contributed by atoms with Crippen LogP contribution < -0.4 is 11.2 Å². The van der Waals surface area contributed by atoms with E-state index in [1.54, 1.807) is 22.9 Å². The number of nitrogens with one attached hydrogen (secondary N) is 2. The summed E-state index contributed by atoms with van der Waals surface area (Å²) in [4.78, 5) is 17.2. The number of hydrogen-bond acceptors (Lipinski definition) is 8. The lowest BCUT2D eigenvalue weighted by Gasteiger charge is -2.06. The van der Waals surface area contributed by atoms with Crippen molar-refractivity contribution in [2.75, 3.05) is 5.73 Å². The molecule has 5 aromatic rings. The van der Waals surface area contributed by atoms with Gasteiger partial charge in [0.1, 0.15) is 12.4 Å². The fourth-order valence-electron chi connectivity index (χ4n) is 3.36. The van der Waals surface area contributed by atoms with Crippen LogP contribution in [-0.4, -0.2) is 42.2 Å². The smallest absolute Gasteiger partial charge is 0.260 e. The van der Waals surface area contributed by atoms with Crippen LogP contribution in [0.4, 0.5) is 10.2 Å². The zero-order chi connectivity index (χ0) is 22.8. The molecule has 0 unspecified atom stereocenters. The van der Waals surface area contributed by atoms with E-state index in [4.69, 9.17) is 5.73 Å². The van der Waals surface area contributed by atoms with Gasteiger partial charge in [-0.1, -0.05) is 12.1 Å². The third-order valence-electron chi connectivity index (χ3n) is 4.88. The molecule has 2 aromatic carbocycles. The van der Waals surface area contributed by atoms with E-state index in [0.717, 1.165) is 5.56 Å². The van der Waals surface area contributed by atoms with Gasteiger partial charge in [-0.05, 0) is 46.7 Å². The number of hydrogen-bond donors (Lipinski definition) is 3. The minimum absolute atomic E-state index is 0.0678. The number of fused-ring (bicyclic) bond motifs is 1. The number of hydrazone groups is 1. The highest BCUT2D eigenvalue weighted by molar-refractivity contribution is 5.90. The first-order valence-electron chi connectivity index (χ1n) is 9.75. The van der Waals surface area contributed by atoms with Crippen molar-refractivity contribution in [2.24, 2.45) is 5.10 Å². The number of nitrogens with two attached hydrogens (primary N) is 1. The SMILES string of the molecule is Nc1nonc1-c1nc2ccccc2n1CC(=O)N/N=C\c1cn[nH]c1-c1ccc(F)cc1. The molecule has 0 aliphatic heterocycles. The first-order chi connectivity index (χ1) is 16.1. The van der Waals surface area contributed by atoms with Crippen LogP contribution in [0.3, 0.4) is 0 Å². The summed E-state index contributed by atoms with van der Waals surface area (Å²) in [6.07, 6.45) is 3.00. The zero-order valence-electron chi connectivity index (χ0n) is 16.9. The summed E-state index contributed by atoms with van der Waals surface area (Å²) in [6.45, 7) is -0.101. The van der Waals surface area contributed by atoms with Gasteiger partial charge in [0.25, 0.3) is 5.91 Å². The number of aromatic amines is 1. The Bertz CT molecular complexity index is 1470. The number of anilines is 1. The normalized spacial score (nSPS) is 11.4. The Balaban J connectivity index is 1.36. The van der Waals surface area contributed by atoms with E-state index in [0.29, 0.717) is 28.1 Å². The van der Waals surface area contributed by atoms with E-state index in [1.807, 2.05) is 24.3 Å². The van der Waals surface area contributed by atoms with Crippen LogP contribution in [-0.2, 0) is 11.3 Å². The zero-order valence-corrected chi connectivity index (χ0v) is 16.9. The number of nitrogens with zero attached hydrogens (tertiary/aromatic N) is 6. The lowest BCUT2D eigenvalue weighted by atomic mass is 10.1. The van der Waals surface area contributed by atoms with Crippen LogP contribution in [0.25, 0.3) is 33.8 Å². The fourth-order valence-corrected chi connectivity index (χ4v) is 3.36. The Morgan fingerprint density at radius 1 is 1.21 bits per heavy atom. The maximum Gasteiger partial charge on any atom is 0.260 e. The highest BCUT2D eigenvalue weighted by Crippen LogP contribution is 2.26. The summed E-state index contributed by atoms with van der Waals surface area (Å²) in [5.41, 5.74) is 11.9. The van der Waals surface area contributed by atoms with Gasteiger partial charge in [0.15, 0.2) is 17.3 Å². The molecule has 1 amide bonds. The van der Waals surface area contributed by atoms with Gasteiger partial charge in [-0.25, -0.2) is 19.4 Å². The number of amides is 1. The van der Waals surface area contributed by atoms with Crippen molar-refractivity contribution in [3.05, 3.63) is 66.1 Å². The molecule has 0 aliphatic rings. The minimum atomic E-state index is -0.405. The third kappa shape index (κ3) is 3.92. The Kier molecular flexibility index (Phi) is 5.07. The number of halogens is 1. The highest BCUT2D eigenvalue weighted by atomic mass is 19.1. The molecule has 0 radical (unpaired) electrons. The van der Waals surface area contributed by atoms with Gasteiger partial charge < -0.3 is 10.3 Å². The Morgan fingerprint density at radius 3 is 2.82 bits per heavy atom. The summed E-state index contributed by atoms with van der Waals surface area (Å²) in [5.74, 6) is -0.325. The number of para-hydroxylation sites is 2. The van der Waals surface area contributed by atoms with Crippen LogP contribution in [0.1, 0.15) is 5.56 Å². The molecule has 0 spiro atoms. The molecule has 11 nitrogen and oxygen atoms in total. The van der Waals surface area contributed by atoms with Gasteiger partial charge in [-0.2, -0.15) is 10.2 Å². The van der Waals surface area contributed by atoms with Gasteiger partial charge >= 0.3 is 0 Å². The Hall–Kier alpha value is -4.87. The van der Waals surface area contributed by atoms with Crippen LogP contribution >= 0.6 is 0 Å². The quantitative estimate of drug-likeness (QED) is 0.268. The molecule has 4 N–H and O–H groups in total. The van der Waals surface area contributed by atoms with Gasteiger partial charge in [-0.3, -0.25) is 9.89 Å². The third-order valence-corrected chi connectivity index (χ3v) is 4.88. The maximum atomic E-state index is 13.2. The number of imidazole rings is 1. The molecule has 0 bridgehead atoms. The lowest BCUT2D eigenvalue weighted by Crippen LogP contribution is -2.23. The molecule has 164 valence electrons. The van der Waals surface area contributed by atoms with Crippen molar-refractivity contribution in [1.29, 1.82) is 0 Å². The van der Waals surface area contributed by atoms with Crippen molar-refractivity contribution in [2.45, 2.75) is 6.54 Å². The summed E-state index contributed by atoms with van der Waals surface area (Å²) >= 11 is 0. The van der Waals surface area contributed by atoms with Gasteiger partial charge in [-0.15, -0.1) is 0 Å². The van der Waals surface area contributed by atoms with Crippen molar-refractivity contribution in [3.8, 4) is 22.8 Å². The lowest BCUT2D eigenvalue weighted by molar-refractivity contribution is -0.121. The van der Waals surface area contributed by atoms with Crippen LogP contribution in [0, 0.1) is 5.82 Å². The first kappa shape index (κ1) is 20.1. The number of carbonyl (C=O) groups is 1. The van der Waals surface area contributed by atoms with Gasteiger partial charge in [0.05, 0.1) is 29.1 Å². The monoisotopic (exact) mass is 445 g/mol. The summed E-state index contributed by atoms with van der Waals surface area (Å²) < 4.78 is 19.5. The second kappa shape index (κ2) is 8.34. The molecule has 5 rings (SSSR count). The molecular weight excluding hydrogens is 429 g/mol. The largest absolute Gasteiger partial charge is 0.379 e. The molecule has 3 heterocycles. The van der Waals surface area contributed by atoms with Gasteiger partial charge in [0.2, 0.25) is 0 Å².